The summed E-state index contributed by atoms with van der Waals surface area (Å²) >= 11 is 0. The third-order valence-electron chi connectivity index (χ3n) is 14.0. The summed E-state index contributed by atoms with van der Waals surface area (Å²) in [7, 11) is 3.29. The van der Waals surface area contributed by atoms with E-state index in [-0.39, 0.29) is 61.4 Å². The molecule has 66 heavy (non-hydrogen) atoms. The van der Waals surface area contributed by atoms with E-state index in [1.807, 2.05) is 51.1 Å². The van der Waals surface area contributed by atoms with Crippen LogP contribution in [0.3, 0.4) is 0 Å². The monoisotopic (exact) mass is 895 g/mol. The lowest BCUT2D eigenvalue weighted by molar-refractivity contribution is -0.155. The molecule has 3 aliphatic heterocycles. The van der Waals surface area contributed by atoms with Gasteiger partial charge in [-0.3, -0.25) is 34.0 Å². The molecule has 4 aliphatic rings. The molecule has 1 unspecified atom stereocenters. The predicted octanol–water partition coefficient (Wildman–Crippen LogP) is 6.36. The molecule has 4 amide bonds. The number of carbonyl (C=O) groups is 5. The quantitative estimate of drug-likeness (QED) is 0.172. The Balaban J connectivity index is 1.22. The van der Waals surface area contributed by atoms with E-state index in [0.717, 1.165) is 50.1 Å². The van der Waals surface area contributed by atoms with Crippen molar-refractivity contribution in [2.24, 2.45) is 28.2 Å². The van der Waals surface area contributed by atoms with Gasteiger partial charge in [-0.05, 0) is 91.0 Å². The van der Waals surface area contributed by atoms with Crippen molar-refractivity contribution >= 4 is 46.2 Å². The number of likely N-dealkylation sites (N-methyl/N-ethyl adjacent to an activating group) is 1. The molecule has 8 rings (SSSR count). The van der Waals surface area contributed by atoms with Crippen molar-refractivity contribution in [1.82, 2.24) is 29.8 Å². The van der Waals surface area contributed by atoms with Crippen molar-refractivity contribution in [3.8, 4) is 34.2 Å². The normalized spacial score (nSPS) is 23.7. The summed E-state index contributed by atoms with van der Waals surface area (Å²) in [5.41, 5.74) is 10.2. The minimum Gasteiger partial charge on any atom is -0.464 e. The van der Waals surface area contributed by atoms with Crippen LogP contribution in [-0.4, -0.2) is 112 Å². The molecule has 6 bridgehead atoms. The van der Waals surface area contributed by atoms with E-state index in [1.165, 1.54) is 9.91 Å². The van der Waals surface area contributed by atoms with Crippen LogP contribution in [0.2, 0.25) is 0 Å². The van der Waals surface area contributed by atoms with Crippen LogP contribution in [0.5, 0.6) is 0 Å². The largest absolute Gasteiger partial charge is 0.464 e. The number of methoxy groups -OCH3 is 1. The fourth-order valence-electron chi connectivity index (χ4n) is 10.8. The molecular weight excluding hydrogens is 835 g/mol. The first-order valence-corrected chi connectivity index (χ1v) is 23.2. The van der Waals surface area contributed by atoms with Gasteiger partial charge in [0.1, 0.15) is 23.9 Å². The molecule has 0 radical (unpaired) electrons. The molecule has 1 N–H and O–H groups in total. The van der Waals surface area contributed by atoms with Gasteiger partial charge < -0.3 is 23.8 Å². The van der Waals surface area contributed by atoms with Crippen LogP contribution in [0.25, 0.3) is 33.3 Å². The van der Waals surface area contributed by atoms with Crippen molar-refractivity contribution in [1.29, 1.82) is 0 Å². The summed E-state index contributed by atoms with van der Waals surface area (Å²) < 4.78 is 14.9. The molecule has 2 aromatic heterocycles. The van der Waals surface area contributed by atoms with Crippen LogP contribution in [-0.2, 0) is 46.4 Å². The average Bonchev–Trinajstić information content (AvgIpc) is 3.86. The second-order valence-corrected chi connectivity index (χ2v) is 19.3. The molecule has 2 saturated heterocycles. The summed E-state index contributed by atoms with van der Waals surface area (Å²) in [6, 6.07) is 16.6. The van der Waals surface area contributed by atoms with E-state index < -0.39 is 47.3 Å². The van der Waals surface area contributed by atoms with Crippen molar-refractivity contribution in [3.05, 3.63) is 77.6 Å². The number of likely N-dealkylation sites (tertiary alicyclic amines) is 1. The number of aromatic nitrogens is 2. The first-order chi connectivity index (χ1) is 31.6. The second-order valence-electron chi connectivity index (χ2n) is 19.3. The van der Waals surface area contributed by atoms with Crippen LogP contribution in [0.15, 0.2) is 65.8 Å². The fraction of sp³-hybridized carbons (Fsp3) is 0.481. The number of hydrazine groups is 1. The average molecular weight is 896 g/mol. The number of esters is 1. The third kappa shape index (κ3) is 8.43. The molecule has 5 heterocycles. The smallest absolute Gasteiger partial charge is 0.324 e. The van der Waals surface area contributed by atoms with E-state index in [1.54, 1.807) is 32.2 Å². The van der Waals surface area contributed by atoms with Gasteiger partial charge in [0.05, 0.1) is 23.9 Å². The van der Waals surface area contributed by atoms with Crippen molar-refractivity contribution < 1.29 is 33.4 Å². The van der Waals surface area contributed by atoms with Gasteiger partial charge in [-0.1, -0.05) is 70.9 Å². The summed E-state index contributed by atoms with van der Waals surface area (Å²) in [5, 5.41) is 2.43. The third-order valence-corrected chi connectivity index (χ3v) is 14.0. The first kappa shape index (κ1) is 46.4. The van der Waals surface area contributed by atoms with Gasteiger partial charge in [0.25, 0.3) is 17.7 Å². The number of benzene rings is 2. The molecule has 0 saturated carbocycles. The number of hydrogen-bond acceptors (Lipinski definition) is 9. The minimum atomic E-state index is -0.998. The first-order valence-electron chi connectivity index (χ1n) is 23.2. The molecule has 2 fully saturated rings. The SMILES string of the molecule is CC#CC(=O)N1C[C@H](C)[C@H](C(=O)N(C)[C@H](C(=O)N=C2Cc3cccc(c3)-c3ccc4c(c3)c3c(n4CC)-c4cccnc4[C@@H](OC)C3C(C)(C)COC(=O)[C@@H]3CCCN(N3)C2=O)C(C)C)C1. The summed E-state index contributed by atoms with van der Waals surface area (Å²) in [5.74, 6) is 1.59. The Hall–Kier alpha value is -6.17. The Labute approximate surface area is 387 Å². The number of ether oxygens (including phenoxy) is 2. The van der Waals surface area contributed by atoms with Crippen LogP contribution < -0.4 is 5.43 Å². The highest BCUT2D eigenvalue weighted by Gasteiger charge is 2.48. The summed E-state index contributed by atoms with van der Waals surface area (Å²) in [6.45, 7) is 15.1. The number of amides is 4. The lowest BCUT2D eigenvalue weighted by atomic mass is 9.67. The van der Waals surface area contributed by atoms with Crippen molar-refractivity contribution in [3.63, 3.8) is 0 Å². The molecule has 1 aliphatic carbocycles. The minimum absolute atomic E-state index is 0.00278. The molecule has 14 nitrogen and oxygen atoms in total. The van der Waals surface area contributed by atoms with E-state index in [4.69, 9.17) is 14.5 Å². The Morgan fingerprint density at radius 3 is 2.58 bits per heavy atom. The van der Waals surface area contributed by atoms with Gasteiger partial charge in [-0.25, -0.2) is 10.4 Å². The lowest BCUT2D eigenvalue weighted by Crippen LogP contribution is -2.57. The van der Waals surface area contributed by atoms with Gasteiger partial charge in [-0.15, -0.1) is 0 Å². The number of fused-ring (bicyclic) bond motifs is 8. The summed E-state index contributed by atoms with van der Waals surface area (Å²) in [4.78, 5) is 82.6. The number of hydrogen-bond donors (Lipinski definition) is 1. The Morgan fingerprint density at radius 1 is 1.08 bits per heavy atom. The van der Waals surface area contributed by atoms with Crippen LogP contribution in [0, 0.1) is 35.0 Å². The van der Waals surface area contributed by atoms with Gasteiger partial charge >= 0.3 is 5.97 Å². The van der Waals surface area contributed by atoms with E-state index in [0.29, 0.717) is 25.9 Å². The van der Waals surface area contributed by atoms with Crippen LogP contribution in [0.1, 0.15) is 90.2 Å². The van der Waals surface area contributed by atoms with E-state index >= 15 is 0 Å². The second kappa shape index (κ2) is 18.6. The maximum absolute atomic E-state index is 14.7. The lowest BCUT2D eigenvalue weighted by Gasteiger charge is -2.42. The van der Waals surface area contributed by atoms with Crippen LogP contribution in [0.4, 0.5) is 0 Å². The zero-order valence-electron chi connectivity index (χ0n) is 39.5. The number of rotatable bonds is 6. The molecule has 6 atom stereocenters. The molecular formula is C52H61N7O7. The molecule has 2 aromatic carbocycles. The van der Waals surface area contributed by atoms with Gasteiger partial charge in [0, 0.05) is 80.8 Å². The van der Waals surface area contributed by atoms with E-state index in [9.17, 15) is 24.0 Å². The van der Waals surface area contributed by atoms with Crippen molar-refractivity contribution in [2.75, 3.05) is 40.4 Å². The molecule has 346 valence electrons. The number of carbonyl (C=O) groups excluding carboxylic acids is 5. The maximum Gasteiger partial charge on any atom is 0.324 e. The maximum atomic E-state index is 14.7. The number of aliphatic imine (C=N–C) groups is 1. The fourth-order valence-corrected chi connectivity index (χ4v) is 10.8. The van der Waals surface area contributed by atoms with Gasteiger partial charge in [0.15, 0.2) is 0 Å². The van der Waals surface area contributed by atoms with E-state index in [2.05, 4.69) is 71.9 Å². The summed E-state index contributed by atoms with van der Waals surface area (Å²) in [6.07, 6.45) is 2.31. The highest BCUT2D eigenvalue weighted by atomic mass is 16.5. The predicted molar refractivity (Wildman–Crippen MR) is 252 cm³/mol. The number of cyclic esters (lactones) is 1. The molecule has 4 aromatic rings. The Kier molecular flexibility index (Phi) is 13.1. The standard InChI is InChI=1S/C52H61N7O7/c1-10-15-41(60)57-27-31(5)37(28-57)49(62)56(8)45(30(3)4)48(61)54-39-25-32-16-12-17-33(24-32)34-20-21-40-36(26-34)42-43(47(65-9)44-35(18-13-22-53-44)46(42)58(40)11-2)52(6,7)29-66-51(64)38-19-14-23-59(55-38)50(39)63/h12-13,16-18,20-22,24,26,30-31,37-38,43,45,47,55H,11,14,19,23,25,27-29H2,1-9H3/t31-,37+,38-,43?,45-,47-/m0/s1. The van der Waals surface area contributed by atoms with Crippen LogP contribution >= 0.6 is 0 Å². The van der Waals surface area contributed by atoms with Gasteiger partial charge in [-0.2, -0.15) is 0 Å². The zero-order chi connectivity index (χ0) is 47.2. The number of pyridine rings is 1. The number of nitrogens with zero attached hydrogens (tertiary/aromatic N) is 6. The Bertz CT molecular complexity index is 2690. The molecule has 14 heteroatoms. The highest BCUT2D eigenvalue weighted by Crippen LogP contribution is 2.57. The number of aryl methyl sites for hydroxylation is 1. The highest BCUT2D eigenvalue weighted by molar-refractivity contribution is 6.40. The molecule has 0 spiro atoms. The topological polar surface area (TPSA) is 156 Å². The zero-order valence-corrected chi connectivity index (χ0v) is 39.5. The Morgan fingerprint density at radius 2 is 1.85 bits per heavy atom. The number of nitrogens with one attached hydrogen (secondary N) is 1. The van der Waals surface area contributed by atoms with Crippen molar-refractivity contribution in [2.45, 2.75) is 98.4 Å². The van der Waals surface area contributed by atoms with Gasteiger partial charge in [0.2, 0.25) is 5.91 Å².